The summed E-state index contributed by atoms with van der Waals surface area (Å²) in [7, 11) is 0. The summed E-state index contributed by atoms with van der Waals surface area (Å²) in [5, 5.41) is 9.18. The average Bonchev–Trinajstić information content (AvgIpc) is 4.09. The quantitative estimate of drug-likeness (QED) is 0.160. The van der Waals surface area contributed by atoms with E-state index in [-0.39, 0.29) is 0 Å². The molecule has 0 spiro atoms. The average molecular weight is 869 g/mol. The van der Waals surface area contributed by atoms with Crippen molar-refractivity contribution >= 4 is 93.5 Å². The number of aromatic nitrogens is 1. The second-order valence-electron chi connectivity index (χ2n) is 17.6. The Labute approximate surface area is 391 Å². The van der Waals surface area contributed by atoms with E-state index < -0.39 is 0 Å². The van der Waals surface area contributed by atoms with Gasteiger partial charge in [-0.3, -0.25) is 0 Å². The van der Waals surface area contributed by atoms with Crippen molar-refractivity contribution in [2.75, 3.05) is 4.90 Å². The summed E-state index contributed by atoms with van der Waals surface area (Å²) in [5.74, 6) is 0. The van der Waals surface area contributed by atoms with E-state index in [2.05, 4.69) is 246 Å². The molecule has 4 heteroatoms. The summed E-state index contributed by atoms with van der Waals surface area (Å²) < 4.78 is 16.1. The summed E-state index contributed by atoms with van der Waals surface area (Å²) in [4.78, 5) is 2.41. The molecule has 3 aromatic heterocycles. The molecule has 4 nitrogen and oxygen atoms in total. The minimum Gasteiger partial charge on any atom is -0.455 e. The van der Waals surface area contributed by atoms with Crippen molar-refractivity contribution in [2.24, 2.45) is 0 Å². The number of anilines is 3. The van der Waals surface area contributed by atoms with Crippen LogP contribution in [0.1, 0.15) is 0 Å². The van der Waals surface area contributed by atoms with Crippen molar-refractivity contribution in [1.82, 2.24) is 4.57 Å². The lowest BCUT2D eigenvalue weighted by Gasteiger charge is -2.29. The Morgan fingerprint density at radius 1 is 0.309 bits per heavy atom. The van der Waals surface area contributed by atoms with Crippen molar-refractivity contribution in [3.63, 3.8) is 0 Å². The van der Waals surface area contributed by atoms with Crippen molar-refractivity contribution in [3.8, 4) is 39.1 Å². The minimum atomic E-state index is 0.842. The molecule has 68 heavy (non-hydrogen) atoms. The molecule has 0 amide bonds. The molecule has 0 N–H and O–H groups in total. The van der Waals surface area contributed by atoms with Gasteiger partial charge in [-0.1, -0.05) is 182 Å². The normalized spacial score (nSPS) is 11.8. The fourth-order valence-corrected chi connectivity index (χ4v) is 10.8. The first-order chi connectivity index (χ1) is 33.7. The van der Waals surface area contributed by atoms with Gasteiger partial charge in [-0.25, -0.2) is 0 Å². The SMILES string of the molecule is c1ccc(N(c2ccc(-c3cccc4ccccc34)cc2)c2cc(-c3ccccc3-n3c4ccccc4c4ccccc43)c3oc4ccccc4c3c2)c(-c2cccc3c2oc2ccccc23)c1. The van der Waals surface area contributed by atoms with Crippen molar-refractivity contribution in [2.45, 2.75) is 0 Å². The summed E-state index contributed by atoms with van der Waals surface area (Å²) in [6.45, 7) is 0. The fraction of sp³-hybridized carbons (Fsp3) is 0. The van der Waals surface area contributed by atoms with Gasteiger partial charge in [0.05, 0.1) is 22.4 Å². The third-order valence-electron chi connectivity index (χ3n) is 13.8. The van der Waals surface area contributed by atoms with Crippen LogP contribution in [0.5, 0.6) is 0 Å². The summed E-state index contributed by atoms with van der Waals surface area (Å²) in [6.07, 6.45) is 0. The highest BCUT2D eigenvalue weighted by atomic mass is 16.3. The maximum atomic E-state index is 6.96. The van der Waals surface area contributed by atoms with Crippen LogP contribution in [-0.2, 0) is 0 Å². The molecule has 0 saturated heterocycles. The van der Waals surface area contributed by atoms with Gasteiger partial charge in [0.2, 0.25) is 0 Å². The van der Waals surface area contributed by atoms with Gasteiger partial charge < -0.3 is 18.3 Å². The largest absolute Gasteiger partial charge is 0.455 e. The Morgan fingerprint density at radius 3 is 1.57 bits per heavy atom. The Balaban J connectivity index is 1.05. The number of para-hydroxylation sites is 7. The molecule has 0 aliphatic carbocycles. The van der Waals surface area contributed by atoms with E-state index in [1.54, 1.807) is 0 Å². The first kappa shape index (κ1) is 38.2. The van der Waals surface area contributed by atoms with Crippen molar-refractivity contribution in [3.05, 3.63) is 243 Å². The van der Waals surface area contributed by atoms with Gasteiger partial charge in [0, 0.05) is 65.9 Å². The van der Waals surface area contributed by atoms with E-state index in [0.717, 1.165) is 105 Å². The lowest BCUT2D eigenvalue weighted by molar-refractivity contribution is 0.669. The van der Waals surface area contributed by atoms with Gasteiger partial charge in [-0.15, -0.1) is 0 Å². The Bertz CT molecular complexity index is 4220. The molecular formula is C64H40N2O2. The molecule has 0 aliphatic rings. The number of fused-ring (bicyclic) bond motifs is 10. The topological polar surface area (TPSA) is 34.5 Å². The van der Waals surface area contributed by atoms with Gasteiger partial charge in [0.25, 0.3) is 0 Å². The second-order valence-corrected chi connectivity index (χ2v) is 17.6. The molecule has 0 saturated carbocycles. The third kappa shape index (κ3) is 5.87. The van der Waals surface area contributed by atoms with Crippen LogP contribution in [0.4, 0.5) is 17.1 Å². The van der Waals surface area contributed by atoms with Gasteiger partial charge in [-0.05, 0) is 82.6 Å². The monoisotopic (exact) mass is 868 g/mol. The fourth-order valence-electron chi connectivity index (χ4n) is 10.8. The van der Waals surface area contributed by atoms with Crippen molar-refractivity contribution < 1.29 is 8.83 Å². The van der Waals surface area contributed by atoms with Gasteiger partial charge in [0.1, 0.15) is 22.3 Å². The summed E-state index contributed by atoms with van der Waals surface area (Å²) in [5.41, 5.74) is 16.4. The molecule has 0 radical (unpaired) electrons. The van der Waals surface area contributed by atoms with Crippen LogP contribution in [0.3, 0.4) is 0 Å². The number of hydrogen-bond donors (Lipinski definition) is 0. The highest BCUT2D eigenvalue weighted by molar-refractivity contribution is 6.15. The van der Waals surface area contributed by atoms with E-state index in [9.17, 15) is 0 Å². The summed E-state index contributed by atoms with van der Waals surface area (Å²) in [6, 6.07) is 86.9. The van der Waals surface area contributed by atoms with Crippen LogP contribution in [0, 0.1) is 0 Å². The molecule has 11 aromatic carbocycles. The molecule has 14 aromatic rings. The number of nitrogens with zero attached hydrogens (tertiary/aromatic N) is 2. The zero-order valence-corrected chi connectivity index (χ0v) is 36.8. The molecule has 0 atom stereocenters. The first-order valence-electron chi connectivity index (χ1n) is 23.2. The maximum absolute atomic E-state index is 6.96. The highest BCUT2D eigenvalue weighted by Gasteiger charge is 2.25. The van der Waals surface area contributed by atoms with E-state index >= 15 is 0 Å². The van der Waals surface area contributed by atoms with Gasteiger partial charge >= 0.3 is 0 Å². The van der Waals surface area contributed by atoms with E-state index in [1.165, 1.54) is 27.1 Å². The number of hydrogen-bond acceptors (Lipinski definition) is 3. The van der Waals surface area contributed by atoms with Crippen LogP contribution in [0.2, 0.25) is 0 Å². The highest BCUT2D eigenvalue weighted by Crippen LogP contribution is 2.49. The maximum Gasteiger partial charge on any atom is 0.143 e. The molecule has 3 heterocycles. The lowest BCUT2D eigenvalue weighted by Crippen LogP contribution is -2.11. The van der Waals surface area contributed by atoms with Crippen LogP contribution in [0.15, 0.2) is 251 Å². The predicted octanol–water partition coefficient (Wildman–Crippen LogP) is 18.2. The minimum absolute atomic E-state index is 0.842. The zero-order valence-electron chi connectivity index (χ0n) is 36.8. The van der Waals surface area contributed by atoms with E-state index in [1.807, 2.05) is 6.07 Å². The van der Waals surface area contributed by atoms with Crippen LogP contribution < -0.4 is 4.90 Å². The van der Waals surface area contributed by atoms with Crippen LogP contribution in [0.25, 0.3) is 116 Å². The predicted molar refractivity (Wildman–Crippen MR) is 284 cm³/mol. The summed E-state index contributed by atoms with van der Waals surface area (Å²) >= 11 is 0. The van der Waals surface area contributed by atoms with Gasteiger partial charge in [0.15, 0.2) is 0 Å². The Kier molecular flexibility index (Phi) is 8.55. The van der Waals surface area contributed by atoms with E-state index in [4.69, 9.17) is 8.83 Å². The Morgan fingerprint density at radius 2 is 0.824 bits per heavy atom. The molecule has 0 fully saturated rings. The van der Waals surface area contributed by atoms with Crippen molar-refractivity contribution in [1.29, 1.82) is 0 Å². The number of rotatable bonds is 7. The first-order valence-corrected chi connectivity index (χ1v) is 23.2. The molecule has 0 bridgehead atoms. The second kappa shape index (κ2) is 15.2. The smallest absolute Gasteiger partial charge is 0.143 e. The number of benzene rings is 11. The Hall–Kier alpha value is -9.12. The lowest BCUT2D eigenvalue weighted by atomic mass is 9.96. The molecule has 14 rings (SSSR count). The molecule has 318 valence electrons. The zero-order chi connectivity index (χ0) is 44.7. The number of furan rings is 2. The molecular weight excluding hydrogens is 829 g/mol. The van der Waals surface area contributed by atoms with Crippen LogP contribution in [-0.4, -0.2) is 4.57 Å². The van der Waals surface area contributed by atoms with E-state index in [0.29, 0.717) is 0 Å². The standard InChI is InChI=1S/C64H40N2O2/c1-2-19-45-41(17-1)18-15-26-46(45)42-35-37-43(38-36-42)65(57-29-9-5-22-49(57)53-27-16-28-54-51-24-7-13-33-61(51)67-63(53)54)44-39-55(64-56(40-44)52-25-8-14-34-62(52)68-64)50-23-6-12-32-60(50)66-58-30-10-3-20-47(58)48-21-4-11-31-59(48)66/h1-40H. The third-order valence-corrected chi connectivity index (χ3v) is 13.8. The van der Waals surface area contributed by atoms with Gasteiger partial charge in [-0.2, -0.15) is 0 Å². The molecule has 0 unspecified atom stereocenters. The van der Waals surface area contributed by atoms with Crippen LogP contribution >= 0.6 is 0 Å². The molecule has 0 aliphatic heterocycles.